The van der Waals surface area contributed by atoms with Crippen LogP contribution in [-0.2, 0) is 5.41 Å². The largest absolute Gasteiger partial charge is 0.315 e. The van der Waals surface area contributed by atoms with E-state index in [2.05, 4.69) is 37.4 Å². The van der Waals surface area contributed by atoms with Crippen molar-refractivity contribution in [3.8, 4) is 0 Å². The Hall–Kier alpha value is -0.530. The summed E-state index contributed by atoms with van der Waals surface area (Å²) in [6.45, 7) is 6.79. The maximum atomic E-state index is 6.08. The molecule has 0 amide bonds. The molecule has 0 aliphatic carbocycles. The Morgan fingerprint density at radius 1 is 1.44 bits per heavy atom. The summed E-state index contributed by atoms with van der Waals surface area (Å²) < 4.78 is 0. The molecule has 2 rings (SSSR count). The van der Waals surface area contributed by atoms with Crippen LogP contribution in [0.3, 0.4) is 0 Å². The highest BCUT2D eigenvalue weighted by atomic mass is 35.5. The van der Waals surface area contributed by atoms with Gasteiger partial charge in [-0.15, -0.1) is 0 Å². The van der Waals surface area contributed by atoms with E-state index in [0.29, 0.717) is 5.41 Å². The van der Waals surface area contributed by atoms with Gasteiger partial charge in [0.1, 0.15) is 0 Å². The molecular formula is C14H20ClN. The predicted octanol–water partition coefficient (Wildman–Crippen LogP) is 3.62. The predicted molar refractivity (Wildman–Crippen MR) is 70.1 cm³/mol. The van der Waals surface area contributed by atoms with E-state index in [1.54, 1.807) is 0 Å². The molecule has 1 aliphatic heterocycles. The molecule has 1 aromatic rings. The minimum Gasteiger partial charge on any atom is -0.315 e. The van der Waals surface area contributed by atoms with Gasteiger partial charge in [0.05, 0.1) is 0 Å². The fraction of sp³-hybridized carbons (Fsp3) is 0.571. The molecule has 0 spiro atoms. The van der Waals surface area contributed by atoms with Gasteiger partial charge in [-0.3, -0.25) is 0 Å². The molecule has 1 heterocycles. The number of hydrogen-bond acceptors (Lipinski definition) is 1. The highest BCUT2D eigenvalue weighted by Crippen LogP contribution is 2.36. The molecule has 0 saturated carbocycles. The van der Waals surface area contributed by atoms with Crippen molar-refractivity contribution in [1.29, 1.82) is 0 Å². The molecule has 1 nitrogen and oxygen atoms in total. The van der Waals surface area contributed by atoms with Crippen LogP contribution < -0.4 is 5.32 Å². The SMILES string of the molecule is CCC(C)CC1(c2cccc(Cl)c2)CNC1. The number of benzene rings is 1. The lowest BCUT2D eigenvalue weighted by atomic mass is 9.69. The van der Waals surface area contributed by atoms with E-state index in [1.807, 2.05) is 6.07 Å². The molecule has 1 fully saturated rings. The molecule has 1 saturated heterocycles. The van der Waals surface area contributed by atoms with Crippen LogP contribution in [0.2, 0.25) is 5.02 Å². The third kappa shape index (κ3) is 2.26. The van der Waals surface area contributed by atoms with Crippen molar-refractivity contribution < 1.29 is 0 Å². The van der Waals surface area contributed by atoms with E-state index in [9.17, 15) is 0 Å². The van der Waals surface area contributed by atoms with Crippen molar-refractivity contribution in [1.82, 2.24) is 5.32 Å². The van der Waals surface area contributed by atoms with Gasteiger partial charge in [-0.05, 0) is 30.0 Å². The Kier molecular flexibility index (Phi) is 3.56. The monoisotopic (exact) mass is 237 g/mol. The minimum atomic E-state index is 0.334. The van der Waals surface area contributed by atoms with E-state index >= 15 is 0 Å². The first-order valence-corrected chi connectivity index (χ1v) is 6.51. The third-order valence-corrected chi connectivity index (χ3v) is 4.03. The lowest BCUT2D eigenvalue weighted by Gasteiger charge is -2.45. The van der Waals surface area contributed by atoms with Gasteiger partial charge in [-0.25, -0.2) is 0 Å². The van der Waals surface area contributed by atoms with Gasteiger partial charge < -0.3 is 5.32 Å². The Morgan fingerprint density at radius 2 is 2.19 bits per heavy atom. The van der Waals surface area contributed by atoms with Crippen LogP contribution in [0.4, 0.5) is 0 Å². The van der Waals surface area contributed by atoms with Gasteiger partial charge in [-0.2, -0.15) is 0 Å². The Labute approximate surface area is 103 Å². The zero-order chi connectivity index (χ0) is 11.6. The summed E-state index contributed by atoms with van der Waals surface area (Å²) in [5.41, 5.74) is 1.74. The van der Waals surface area contributed by atoms with Crippen LogP contribution in [0.5, 0.6) is 0 Å². The van der Waals surface area contributed by atoms with Crippen molar-refractivity contribution >= 4 is 11.6 Å². The van der Waals surface area contributed by atoms with Crippen molar-refractivity contribution in [2.24, 2.45) is 5.92 Å². The smallest absolute Gasteiger partial charge is 0.0408 e. The summed E-state index contributed by atoms with van der Waals surface area (Å²) in [4.78, 5) is 0. The van der Waals surface area contributed by atoms with Crippen molar-refractivity contribution in [2.45, 2.75) is 32.1 Å². The molecule has 1 atom stereocenters. The second-order valence-electron chi connectivity index (χ2n) is 5.11. The lowest BCUT2D eigenvalue weighted by molar-refractivity contribution is 0.221. The lowest BCUT2D eigenvalue weighted by Crippen LogP contribution is -2.57. The average molecular weight is 238 g/mol. The van der Waals surface area contributed by atoms with Crippen molar-refractivity contribution in [3.05, 3.63) is 34.9 Å². The van der Waals surface area contributed by atoms with E-state index in [4.69, 9.17) is 11.6 Å². The molecule has 88 valence electrons. The fourth-order valence-corrected chi connectivity index (χ4v) is 2.71. The second kappa shape index (κ2) is 4.77. The van der Waals surface area contributed by atoms with Crippen LogP contribution in [0.1, 0.15) is 32.3 Å². The molecule has 0 aromatic heterocycles. The standard InChI is InChI=1S/C14H20ClN/c1-3-11(2)8-14(9-16-10-14)12-5-4-6-13(15)7-12/h4-7,11,16H,3,8-10H2,1-2H3. The highest BCUT2D eigenvalue weighted by molar-refractivity contribution is 6.30. The molecule has 2 heteroatoms. The Balaban J connectivity index is 2.21. The van der Waals surface area contributed by atoms with Crippen LogP contribution in [-0.4, -0.2) is 13.1 Å². The molecule has 1 N–H and O–H groups in total. The summed E-state index contributed by atoms with van der Waals surface area (Å²) in [5.74, 6) is 0.779. The number of halogens is 1. The number of hydrogen-bond donors (Lipinski definition) is 1. The number of rotatable bonds is 4. The van der Waals surface area contributed by atoms with E-state index < -0.39 is 0 Å². The van der Waals surface area contributed by atoms with Gasteiger partial charge in [0.15, 0.2) is 0 Å². The summed E-state index contributed by atoms with van der Waals surface area (Å²) in [5, 5.41) is 4.26. The van der Waals surface area contributed by atoms with Crippen LogP contribution in [0.15, 0.2) is 24.3 Å². The molecule has 1 aromatic carbocycles. The van der Waals surface area contributed by atoms with Gasteiger partial charge >= 0.3 is 0 Å². The van der Waals surface area contributed by atoms with Crippen molar-refractivity contribution in [2.75, 3.05) is 13.1 Å². The van der Waals surface area contributed by atoms with Gasteiger partial charge in [0.25, 0.3) is 0 Å². The van der Waals surface area contributed by atoms with E-state index in [1.165, 1.54) is 18.4 Å². The van der Waals surface area contributed by atoms with Crippen LogP contribution >= 0.6 is 11.6 Å². The topological polar surface area (TPSA) is 12.0 Å². The third-order valence-electron chi connectivity index (χ3n) is 3.80. The molecule has 1 unspecified atom stereocenters. The molecule has 0 bridgehead atoms. The summed E-state index contributed by atoms with van der Waals surface area (Å²) in [7, 11) is 0. The highest BCUT2D eigenvalue weighted by Gasteiger charge is 2.39. The van der Waals surface area contributed by atoms with Crippen LogP contribution in [0.25, 0.3) is 0 Å². The zero-order valence-electron chi connectivity index (χ0n) is 10.1. The summed E-state index contributed by atoms with van der Waals surface area (Å²) in [6.07, 6.45) is 2.51. The van der Waals surface area contributed by atoms with Crippen molar-refractivity contribution in [3.63, 3.8) is 0 Å². The minimum absolute atomic E-state index is 0.334. The molecule has 0 radical (unpaired) electrons. The maximum Gasteiger partial charge on any atom is 0.0408 e. The first-order chi connectivity index (χ1) is 7.66. The van der Waals surface area contributed by atoms with Gasteiger partial charge in [0, 0.05) is 23.5 Å². The zero-order valence-corrected chi connectivity index (χ0v) is 10.8. The normalized spacial score (nSPS) is 20.2. The first kappa shape index (κ1) is 11.9. The second-order valence-corrected chi connectivity index (χ2v) is 5.55. The van der Waals surface area contributed by atoms with Gasteiger partial charge in [-0.1, -0.05) is 44.0 Å². The first-order valence-electron chi connectivity index (χ1n) is 6.13. The summed E-state index contributed by atoms with van der Waals surface area (Å²) in [6, 6.07) is 8.36. The quantitative estimate of drug-likeness (QED) is 0.844. The maximum absolute atomic E-state index is 6.08. The molecule has 1 aliphatic rings. The summed E-state index contributed by atoms with van der Waals surface area (Å²) >= 11 is 6.08. The van der Waals surface area contributed by atoms with E-state index in [-0.39, 0.29) is 0 Å². The average Bonchev–Trinajstić information content (AvgIpc) is 2.23. The molecule has 16 heavy (non-hydrogen) atoms. The van der Waals surface area contributed by atoms with E-state index in [0.717, 1.165) is 24.0 Å². The van der Waals surface area contributed by atoms with Gasteiger partial charge in [0.2, 0.25) is 0 Å². The fourth-order valence-electron chi connectivity index (χ4n) is 2.52. The molecular weight excluding hydrogens is 218 g/mol. The Morgan fingerprint density at radius 3 is 2.69 bits per heavy atom. The number of nitrogens with one attached hydrogen (secondary N) is 1. The Bertz CT molecular complexity index is 358. The van der Waals surface area contributed by atoms with Crippen LogP contribution in [0, 0.1) is 5.92 Å².